The molecule has 0 amide bonds. The summed E-state index contributed by atoms with van der Waals surface area (Å²) in [5.74, 6) is 0.163. The van der Waals surface area contributed by atoms with E-state index in [2.05, 4.69) is 16.4 Å². The van der Waals surface area contributed by atoms with Crippen LogP contribution < -0.4 is 5.32 Å². The Bertz CT molecular complexity index is 578. The van der Waals surface area contributed by atoms with Crippen molar-refractivity contribution in [2.24, 2.45) is 0 Å². The van der Waals surface area contributed by atoms with E-state index in [1.807, 2.05) is 24.3 Å². The number of carbonyl (C=O) groups excluding carboxylic acids is 1. The molecule has 90 valence electrons. The van der Waals surface area contributed by atoms with Crippen molar-refractivity contribution in [3.8, 4) is 0 Å². The monoisotopic (exact) mass is 238 g/mol. The zero-order valence-corrected chi connectivity index (χ0v) is 10.0. The zero-order chi connectivity index (χ0) is 12.4. The predicted octanol–water partition coefficient (Wildman–Crippen LogP) is 2.11. The van der Waals surface area contributed by atoms with Gasteiger partial charge in [0.15, 0.2) is 5.78 Å². The number of nitrogens with zero attached hydrogens (tertiary/aromatic N) is 1. The molecule has 0 radical (unpaired) electrons. The molecule has 3 nitrogen and oxygen atoms in total. The molecule has 3 heteroatoms. The number of aromatic nitrogens is 1. The van der Waals surface area contributed by atoms with Crippen molar-refractivity contribution in [1.29, 1.82) is 0 Å². The highest BCUT2D eigenvalue weighted by molar-refractivity contribution is 5.97. The number of benzene rings is 1. The lowest BCUT2D eigenvalue weighted by Crippen LogP contribution is -2.04. The minimum absolute atomic E-state index is 0.163. The maximum atomic E-state index is 12.2. The summed E-state index contributed by atoms with van der Waals surface area (Å²) in [5, 5.41) is 3.28. The van der Waals surface area contributed by atoms with Gasteiger partial charge in [-0.1, -0.05) is 12.1 Å². The molecule has 2 heterocycles. The Balaban J connectivity index is 1.81. The second-order valence-electron chi connectivity index (χ2n) is 4.54. The van der Waals surface area contributed by atoms with Crippen molar-refractivity contribution in [2.75, 3.05) is 0 Å². The third kappa shape index (κ3) is 2.17. The Morgan fingerprint density at radius 1 is 1.11 bits per heavy atom. The van der Waals surface area contributed by atoms with Gasteiger partial charge in [0, 0.05) is 37.5 Å². The van der Waals surface area contributed by atoms with E-state index >= 15 is 0 Å². The van der Waals surface area contributed by atoms with E-state index in [-0.39, 0.29) is 5.78 Å². The van der Waals surface area contributed by atoms with Gasteiger partial charge >= 0.3 is 0 Å². The molecule has 1 N–H and O–H groups in total. The van der Waals surface area contributed by atoms with Crippen LogP contribution >= 0.6 is 0 Å². The number of nitrogens with one attached hydrogen (secondary N) is 1. The molecule has 0 aliphatic carbocycles. The van der Waals surface area contributed by atoms with Crippen molar-refractivity contribution in [2.45, 2.75) is 19.5 Å². The van der Waals surface area contributed by atoms with Crippen molar-refractivity contribution in [1.82, 2.24) is 10.3 Å². The summed E-state index contributed by atoms with van der Waals surface area (Å²) in [6.07, 6.45) is 3.87. The highest BCUT2D eigenvalue weighted by Crippen LogP contribution is 2.18. The first-order valence-electron chi connectivity index (χ1n) is 6.07. The maximum Gasteiger partial charge on any atom is 0.167 e. The minimum atomic E-state index is 0.163. The highest BCUT2D eigenvalue weighted by Gasteiger charge is 2.13. The van der Waals surface area contributed by atoms with Crippen molar-refractivity contribution in [3.63, 3.8) is 0 Å². The summed E-state index contributed by atoms with van der Waals surface area (Å²) in [6, 6.07) is 9.75. The average molecular weight is 238 g/mol. The van der Waals surface area contributed by atoms with Crippen LogP contribution in [0.2, 0.25) is 0 Å². The second-order valence-corrected chi connectivity index (χ2v) is 4.54. The summed E-state index contributed by atoms with van der Waals surface area (Å²) in [7, 11) is 0. The molecule has 0 saturated carbocycles. The number of carbonyl (C=O) groups is 1. The van der Waals surface area contributed by atoms with E-state index in [0.717, 1.165) is 24.2 Å². The first kappa shape index (κ1) is 11.1. The molecule has 1 aromatic heterocycles. The lowest BCUT2D eigenvalue weighted by molar-refractivity contribution is 0.0993. The SMILES string of the molecule is O=C(Cc1ccncc1)c1ccc2c(c1)CNC2. The molecule has 18 heavy (non-hydrogen) atoms. The highest BCUT2D eigenvalue weighted by atomic mass is 16.1. The van der Waals surface area contributed by atoms with E-state index in [9.17, 15) is 4.79 Å². The minimum Gasteiger partial charge on any atom is -0.309 e. The van der Waals surface area contributed by atoms with Crippen LogP contribution in [0, 0.1) is 0 Å². The summed E-state index contributed by atoms with van der Waals surface area (Å²) in [6.45, 7) is 1.78. The zero-order valence-electron chi connectivity index (χ0n) is 10.0. The van der Waals surface area contributed by atoms with Gasteiger partial charge in [0.1, 0.15) is 0 Å². The summed E-state index contributed by atoms with van der Waals surface area (Å²) in [5.41, 5.74) is 4.36. The second kappa shape index (κ2) is 4.70. The Labute approximate surface area is 106 Å². The van der Waals surface area contributed by atoms with Gasteiger partial charge in [-0.2, -0.15) is 0 Å². The Morgan fingerprint density at radius 2 is 1.89 bits per heavy atom. The fourth-order valence-corrected chi connectivity index (χ4v) is 2.26. The molecule has 0 saturated heterocycles. The Hall–Kier alpha value is -2.00. The number of pyridine rings is 1. The van der Waals surface area contributed by atoms with E-state index in [1.165, 1.54) is 11.1 Å². The molecule has 0 bridgehead atoms. The summed E-state index contributed by atoms with van der Waals surface area (Å²) in [4.78, 5) is 16.1. The molecule has 2 aromatic rings. The molecular weight excluding hydrogens is 224 g/mol. The van der Waals surface area contributed by atoms with Crippen LogP contribution in [0.25, 0.3) is 0 Å². The van der Waals surface area contributed by atoms with Crippen LogP contribution in [-0.4, -0.2) is 10.8 Å². The lowest BCUT2D eigenvalue weighted by atomic mass is 10.00. The van der Waals surface area contributed by atoms with Crippen LogP contribution in [0.1, 0.15) is 27.0 Å². The van der Waals surface area contributed by atoms with Crippen molar-refractivity contribution < 1.29 is 4.79 Å². The van der Waals surface area contributed by atoms with E-state index in [1.54, 1.807) is 12.4 Å². The molecule has 1 aliphatic rings. The number of rotatable bonds is 3. The first-order valence-corrected chi connectivity index (χ1v) is 6.07. The molecule has 0 atom stereocenters. The van der Waals surface area contributed by atoms with Crippen molar-refractivity contribution in [3.05, 3.63) is 65.0 Å². The van der Waals surface area contributed by atoms with Crippen LogP contribution in [0.15, 0.2) is 42.7 Å². The molecule has 3 rings (SSSR count). The number of hydrogen-bond donors (Lipinski definition) is 1. The van der Waals surface area contributed by atoms with Gasteiger partial charge in [-0.3, -0.25) is 9.78 Å². The van der Waals surface area contributed by atoms with Gasteiger partial charge in [0.2, 0.25) is 0 Å². The smallest absolute Gasteiger partial charge is 0.167 e. The Kier molecular flexibility index (Phi) is 2.90. The van der Waals surface area contributed by atoms with Crippen LogP contribution in [0.4, 0.5) is 0 Å². The Morgan fingerprint density at radius 3 is 2.72 bits per heavy atom. The van der Waals surface area contributed by atoms with Gasteiger partial charge in [-0.05, 0) is 34.9 Å². The van der Waals surface area contributed by atoms with Gasteiger partial charge < -0.3 is 5.32 Å². The van der Waals surface area contributed by atoms with Crippen molar-refractivity contribution >= 4 is 5.78 Å². The first-order chi connectivity index (χ1) is 8.83. The number of hydrogen-bond acceptors (Lipinski definition) is 3. The molecule has 1 aromatic carbocycles. The predicted molar refractivity (Wildman–Crippen MR) is 69.3 cm³/mol. The van der Waals surface area contributed by atoms with Gasteiger partial charge in [-0.15, -0.1) is 0 Å². The van der Waals surface area contributed by atoms with Gasteiger partial charge in [0.05, 0.1) is 0 Å². The largest absolute Gasteiger partial charge is 0.309 e. The van der Waals surface area contributed by atoms with Gasteiger partial charge in [-0.25, -0.2) is 0 Å². The molecule has 0 spiro atoms. The standard InChI is InChI=1S/C15H14N2O/c18-15(7-11-3-5-16-6-4-11)12-1-2-13-9-17-10-14(13)8-12/h1-6,8,17H,7,9-10H2. The van der Waals surface area contributed by atoms with E-state index in [0.29, 0.717) is 6.42 Å². The third-order valence-electron chi connectivity index (χ3n) is 3.27. The molecule has 0 unspecified atom stereocenters. The summed E-state index contributed by atoms with van der Waals surface area (Å²) < 4.78 is 0. The van der Waals surface area contributed by atoms with Gasteiger partial charge in [0.25, 0.3) is 0 Å². The molecular formula is C15H14N2O. The summed E-state index contributed by atoms with van der Waals surface area (Å²) >= 11 is 0. The fourth-order valence-electron chi connectivity index (χ4n) is 2.26. The topological polar surface area (TPSA) is 42.0 Å². The normalized spacial score (nSPS) is 13.3. The lowest BCUT2D eigenvalue weighted by Gasteiger charge is -2.04. The third-order valence-corrected chi connectivity index (χ3v) is 3.27. The molecule has 1 aliphatic heterocycles. The fraction of sp³-hybridized carbons (Fsp3) is 0.200. The van der Waals surface area contributed by atoms with Crippen LogP contribution in [-0.2, 0) is 19.5 Å². The number of fused-ring (bicyclic) bond motifs is 1. The number of ketones is 1. The van der Waals surface area contributed by atoms with Crippen LogP contribution in [0.5, 0.6) is 0 Å². The van der Waals surface area contributed by atoms with E-state index < -0.39 is 0 Å². The average Bonchev–Trinajstić information content (AvgIpc) is 2.87. The quantitative estimate of drug-likeness (QED) is 0.833. The van der Waals surface area contributed by atoms with E-state index in [4.69, 9.17) is 0 Å². The maximum absolute atomic E-state index is 12.2. The number of Topliss-reactive ketones (excluding diaryl/α,β-unsaturated/α-hetero) is 1. The molecule has 0 fully saturated rings. The van der Waals surface area contributed by atoms with Crippen LogP contribution in [0.3, 0.4) is 0 Å².